The third kappa shape index (κ3) is 3.45. The molecule has 0 aliphatic rings. The summed E-state index contributed by atoms with van der Waals surface area (Å²) in [7, 11) is 3.29. The van der Waals surface area contributed by atoms with Gasteiger partial charge in [-0.05, 0) is 19.1 Å². The van der Waals surface area contributed by atoms with Crippen LogP contribution in [-0.4, -0.2) is 50.8 Å². The number of hydrogen-bond acceptors (Lipinski definition) is 7. The summed E-state index contributed by atoms with van der Waals surface area (Å²) in [5, 5.41) is 11.0. The quantitative estimate of drug-likeness (QED) is 0.728. The number of hydrogen-bond donors (Lipinski definition) is 1. The molecule has 9 nitrogen and oxygen atoms in total. The first-order valence-electron chi connectivity index (χ1n) is 7.68. The molecular formula is C16H16N6O3S. The Morgan fingerprint density at radius 3 is 2.73 bits per heavy atom. The maximum absolute atomic E-state index is 12.4. The third-order valence-electron chi connectivity index (χ3n) is 3.57. The molecule has 2 amide bonds. The molecule has 2 aromatic heterocycles. The fourth-order valence-corrected chi connectivity index (χ4v) is 3.28. The van der Waals surface area contributed by atoms with Crippen molar-refractivity contribution in [1.82, 2.24) is 24.9 Å². The van der Waals surface area contributed by atoms with Gasteiger partial charge in [-0.25, -0.2) is 9.67 Å². The Hall–Kier alpha value is -3.14. The van der Waals surface area contributed by atoms with Crippen molar-refractivity contribution in [2.75, 3.05) is 19.4 Å². The number of nitrogens with zero attached hydrogens (tertiary/aromatic N) is 5. The van der Waals surface area contributed by atoms with Crippen molar-refractivity contribution >= 4 is 39.2 Å². The topological polar surface area (TPSA) is 110 Å². The summed E-state index contributed by atoms with van der Waals surface area (Å²) in [4.78, 5) is 42.7. The van der Waals surface area contributed by atoms with Crippen LogP contribution < -0.4 is 10.9 Å². The van der Waals surface area contributed by atoms with E-state index in [1.54, 1.807) is 45.3 Å². The molecule has 0 fully saturated rings. The molecule has 0 bridgehead atoms. The zero-order valence-corrected chi connectivity index (χ0v) is 15.2. The number of rotatable bonds is 4. The van der Waals surface area contributed by atoms with Gasteiger partial charge in [-0.2, -0.15) is 0 Å². The Morgan fingerprint density at radius 1 is 1.27 bits per heavy atom. The molecule has 0 aliphatic carbocycles. The number of amides is 2. The maximum Gasteiger partial charge on any atom is 0.278 e. The number of carbonyl (C=O) groups excluding carboxylic acids is 2. The van der Waals surface area contributed by atoms with Gasteiger partial charge in [0, 0.05) is 14.1 Å². The van der Waals surface area contributed by atoms with Crippen molar-refractivity contribution in [2.24, 2.45) is 0 Å². The van der Waals surface area contributed by atoms with Gasteiger partial charge in [0.05, 0.1) is 11.1 Å². The van der Waals surface area contributed by atoms with E-state index in [1.165, 1.54) is 4.90 Å². The zero-order chi connectivity index (χ0) is 18.8. The fraction of sp³-hybridized carbons (Fsp3) is 0.250. The molecule has 134 valence electrons. The maximum atomic E-state index is 12.4. The lowest BCUT2D eigenvalue weighted by Gasteiger charge is -2.07. The van der Waals surface area contributed by atoms with Crippen LogP contribution in [0.25, 0.3) is 10.9 Å². The summed E-state index contributed by atoms with van der Waals surface area (Å²) in [5.74, 6) is -0.661. The number of carbonyl (C=O) groups is 2. The van der Waals surface area contributed by atoms with E-state index in [1.807, 2.05) is 0 Å². The van der Waals surface area contributed by atoms with Crippen LogP contribution in [0.2, 0.25) is 0 Å². The summed E-state index contributed by atoms with van der Waals surface area (Å²) in [5.41, 5.74) is 0.604. The Morgan fingerprint density at radius 2 is 2.00 bits per heavy atom. The van der Waals surface area contributed by atoms with Gasteiger partial charge >= 0.3 is 0 Å². The largest absolute Gasteiger partial charge is 0.344 e. The van der Waals surface area contributed by atoms with Crippen LogP contribution >= 0.6 is 11.3 Å². The average molecular weight is 372 g/mol. The lowest BCUT2D eigenvalue weighted by atomic mass is 10.2. The van der Waals surface area contributed by atoms with Gasteiger partial charge in [0.25, 0.3) is 11.5 Å². The van der Waals surface area contributed by atoms with Crippen LogP contribution in [0.4, 0.5) is 5.13 Å². The molecule has 2 heterocycles. The molecule has 3 aromatic rings. The summed E-state index contributed by atoms with van der Waals surface area (Å²) < 4.78 is 0.990. The Labute approximate surface area is 152 Å². The van der Waals surface area contributed by atoms with Gasteiger partial charge in [-0.3, -0.25) is 14.4 Å². The van der Waals surface area contributed by atoms with E-state index < -0.39 is 11.5 Å². The summed E-state index contributed by atoms with van der Waals surface area (Å²) in [6.45, 7) is 1.40. The van der Waals surface area contributed by atoms with E-state index in [9.17, 15) is 14.4 Å². The molecule has 0 radical (unpaired) electrons. The van der Waals surface area contributed by atoms with Crippen LogP contribution in [0, 0.1) is 6.92 Å². The highest BCUT2D eigenvalue weighted by Crippen LogP contribution is 2.23. The second-order valence-electron chi connectivity index (χ2n) is 5.75. The van der Waals surface area contributed by atoms with Gasteiger partial charge in [-0.1, -0.05) is 28.7 Å². The van der Waals surface area contributed by atoms with E-state index in [2.05, 4.69) is 20.6 Å². The van der Waals surface area contributed by atoms with Crippen molar-refractivity contribution in [2.45, 2.75) is 13.5 Å². The van der Waals surface area contributed by atoms with Crippen LogP contribution in [0.1, 0.15) is 15.4 Å². The second kappa shape index (κ2) is 7.00. The van der Waals surface area contributed by atoms with E-state index in [0.717, 1.165) is 16.0 Å². The highest BCUT2D eigenvalue weighted by atomic mass is 32.1. The lowest BCUT2D eigenvalue weighted by Crippen LogP contribution is -2.30. The minimum Gasteiger partial charge on any atom is -0.344 e. The molecule has 0 aliphatic heterocycles. The summed E-state index contributed by atoms with van der Waals surface area (Å²) in [6, 6.07) is 6.78. The monoisotopic (exact) mass is 372 g/mol. The van der Waals surface area contributed by atoms with Gasteiger partial charge < -0.3 is 10.2 Å². The molecule has 0 atom stereocenters. The van der Waals surface area contributed by atoms with Crippen LogP contribution in [0.5, 0.6) is 0 Å². The highest BCUT2D eigenvalue weighted by Gasteiger charge is 2.18. The van der Waals surface area contributed by atoms with Crippen molar-refractivity contribution in [3.8, 4) is 0 Å². The number of aryl methyl sites for hydroxylation is 1. The number of anilines is 1. The Kier molecular flexibility index (Phi) is 4.76. The summed E-state index contributed by atoms with van der Waals surface area (Å²) >= 11 is 1.08. The first kappa shape index (κ1) is 17.7. The SMILES string of the molecule is Cc1nc(NC(=O)Cn2nnc3ccccc3c2=O)sc1C(=O)N(C)C. The predicted octanol–water partition coefficient (Wildman–Crippen LogP) is 0.897. The van der Waals surface area contributed by atoms with Crippen LogP contribution in [0.15, 0.2) is 29.1 Å². The van der Waals surface area contributed by atoms with Gasteiger partial charge in [0.15, 0.2) is 5.13 Å². The molecule has 0 unspecified atom stereocenters. The molecule has 26 heavy (non-hydrogen) atoms. The van der Waals surface area contributed by atoms with E-state index in [4.69, 9.17) is 0 Å². The van der Waals surface area contributed by atoms with Crippen molar-refractivity contribution in [1.29, 1.82) is 0 Å². The molecule has 3 rings (SSSR count). The van der Waals surface area contributed by atoms with Gasteiger partial charge in [-0.15, -0.1) is 5.10 Å². The second-order valence-corrected chi connectivity index (χ2v) is 6.75. The standard InChI is InChI=1S/C16H16N6O3S/c1-9-13(15(25)21(2)3)26-16(17-9)18-12(23)8-22-14(24)10-6-4-5-7-11(10)19-20-22/h4-7H,8H2,1-3H3,(H,17,18,23). The molecular weight excluding hydrogens is 356 g/mol. The number of nitrogens with one attached hydrogen (secondary N) is 1. The predicted molar refractivity (Wildman–Crippen MR) is 97.3 cm³/mol. The van der Waals surface area contributed by atoms with E-state index in [0.29, 0.717) is 26.6 Å². The van der Waals surface area contributed by atoms with E-state index in [-0.39, 0.29) is 12.5 Å². The lowest BCUT2D eigenvalue weighted by molar-refractivity contribution is -0.117. The number of aromatic nitrogens is 4. The fourth-order valence-electron chi connectivity index (χ4n) is 2.27. The molecule has 0 saturated heterocycles. The average Bonchev–Trinajstić information content (AvgIpc) is 2.96. The van der Waals surface area contributed by atoms with E-state index >= 15 is 0 Å². The number of benzene rings is 1. The van der Waals surface area contributed by atoms with Crippen LogP contribution in [-0.2, 0) is 11.3 Å². The Bertz CT molecular complexity index is 1060. The number of thiazole rings is 1. The normalized spacial score (nSPS) is 10.7. The number of fused-ring (bicyclic) bond motifs is 1. The zero-order valence-electron chi connectivity index (χ0n) is 14.4. The smallest absolute Gasteiger partial charge is 0.278 e. The van der Waals surface area contributed by atoms with Crippen LogP contribution in [0.3, 0.4) is 0 Å². The van der Waals surface area contributed by atoms with Crippen molar-refractivity contribution in [3.05, 3.63) is 45.2 Å². The minimum absolute atomic E-state index is 0.183. The minimum atomic E-state index is -0.478. The highest BCUT2D eigenvalue weighted by molar-refractivity contribution is 7.17. The van der Waals surface area contributed by atoms with Gasteiger partial charge in [0.1, 0.15) is 16.9 Å². The molecule has 1 aromatic carbocycles. The summed E-state index contributed by atoms with van der Waals surface area (Å²) in [6.07, 6.45) is 0. The van der Waals surface area contributed by atoms with Crippen molar-refractivity contribution < 1.29 is 9.59 Å². The first-order valence-corrected chi connectivity index (χ1v) is 8.50. The molecule has 0 spiro atoms. The first-order chi connectivity index (χ1) is 12.4. The third-order valence-corrected chi connectivity index (χ3v) is 4.63. The molecule has 0 saturated carbocycles. The Balaban J connectivity index is 1.78. The molecule has 1 N–H and O–H groups in total. The molecule has 10 heteroatoms. The van der Waals surface area contributed by atoms with Gasteiger partial charge in [0.2, 0.25) is 5.91 Å². The van der Waals surface area contributed by atoms with Crippen molar-refractivity contribution in [3.63, 3.8) is 0 Å².